The molecule has 2 aliphatic heterocycles. The van der Waals surface area contributed by atoms with E-state index in [2.05, 4.69) is 40.1 Å². The highest BCUT2D eigenvalue weighted by Gasteiger charge is 2.31. The molecule has 0 spiro atoms. The van der Waals surface area contributed by atoms with Gasteiger partial charge in [0.15, 0.2) is 0 Å². The van der Waals surface area contributed by atoms with Crippen LogP contribution < -0.4 is 9.80 Å². The predicted molar refractivity (Wildman–Crippen MR) is 122 cm³/mol. The van der Waals surface area contributed by atoms with Gasteiger partial charge < -0.3 is 14.5 Å². The van der Waals surface area contributed by atoms with Crippen LogP contribution in [0.15, 0.2) is 30.3 Å². The lowest BCUT2D eigenvalue weighted by molar-refractivity contribution is -0.148. The van der Waals surface area contributed by atoms with Gasteiger partial charge in [0, 0.05) is 52.4 Å². The molecule has 2 aliphatic rings. The molecule has 0 N–H and O–H groups in total. The number of ether oxygens (including phenoxy) is 1. The summed E-state index contributed by atoms with van der Waals surface area (Å²) < 4.78 is 5.30. The molecule has 1 saturated heterocycles. The van der Waals surface area contributed by atoms with Gasteiger partial charge in [0.05, 0.1) is 18.2 Å². The summed E-state index contributed by atoms with van der Waals surface area (Å²) in [5.41, 5.74) is 3.66. The molecule has 0 saturated carbocycles. The monoisotopic (exact) mass is 423 g/mol. The Balaban J connectivity index is 1.58. The van der Waals surface area contributed by atoms with Crippen LogP contribution in [0.1, 0.15) is 36.6 Å². The summed E-state index contributed by atoms with van der Waals surface area (Å²) in [6.07, 6.45) is 2.78. The zero-order valence-electron chi connectivity index (χ0n) is 18.9. The average molecular weight is 424 g/mol. The van der Waals surface area contributed by atoms with Crippen LogP contribution in [0.4, 0.5) is 11.8 Å². The van der Waals surface area contributed by atoms with Crippen LogP contribution in [-0.4, -0.2) is 61.2 Å². The number of carbonyl (C=O) groups is 1. The predicted octanol–water partition coefficient (Wildman–Crippen LogP) is 2.88. The van der Waals surface area contributed by atoms with Gasteiger partial charge in [-0.25, -0.2) is 4.98 Å². The highest BCUT2D eigenvalue weighted by molar-refractivity contribution is 5.73. The van der Waals surface area contributed by atoms with Crippen LogP contribution in [0, 0.1) is 5.92 Å². The van der Waals surface area contributed by atoms with Crippen molar-refractivity contribution in [2.75, 3.05) is 50.1 Å². The van der Waals surface area contributed by atoms with Crippen molar-refractivity contribution in [1.82, 2.24) is 14.9 Å². The van der Waals surface area contributed by atoms with E-state index >= 15 is 0 Å². The number of fused-ring (bicyclic) bond motifs is 1. The number of anilines is 2. The summed E-state index contributed by atoms with van der Waals surface area (Å²) in [6.45, 7) is 6.60. The molecule has 0 bridgehead atoms. The minimum atomic E-state index is -0.0861. The first-order chi connectivity index (χ1) is 15.0. The Hall–Kier alpha value is -2.67. The van der Waals surface area contributed by atoms with Crippen molar-refractivity contribution in [2.45, 2.75) is 39.3 Å². The molecule has 1 atom stereocenters. The molecule has 31 heavy (non-hydrogen) atoms. The maximum Gasteiger partial charge on any atom is 0.310 e. The second-order valence-electron chi connectivity index (χ2n) is 8.65. The molecular weight excluding hydrogens is 390 g/mol. The van der Waals surface area contributed by atoms with Crippen LogP contribution in [0.2, 0.25) is 0 Å². The fourth-order valence-corrected chi connectivity index (χ4v) is 4.51. The lowest BCUT2D eigenvalue weighted by Gasteiger charge is -2.36. The average Bonchev–Trinajstić information content (AvgIpc) is 2.79. The topological polar surface area (TPSA) is 61.8 Å². The largest absolute Gasteiger partial charge is 0.466 e. The standard InChI is InChI=1S/C24H33N5O2/c1-4-31-23(30)19-11-8-13-29(16-19)22-20-12-14-28(15-18-9-6-5-7-10-18)17-21(20)25-24(26-22)27(2)3/h5-7,9-10,19H,4,8,11-17H2,1-3H3. The number of esters is 1. The highest BCUT2D eigenvalue weighted by Crippen LogP contribution is 2.32. The number of benzene rings is 1. The van der Waals surface area contributed by atoms with Crippen molar-refractivity contribution < 1.29 is 9.53 Å². The second-order valence-corrected chi connectivity index (χ2v) is 8.65. The zero-order chi connectivity index (χ0) is 21.8. The fraction of sp³-hybridized carbons (Fsp3) is 0.542. The number of hydrogen-bond donors (Lipinski definition) is 0. The van der Waals surface area contributed by atoms with Gasteiger partial charge >= 0.3 is 5.97 Å². The van der Waals surface area contributed by atoms with Gasteiger partial charge in [-0.2, -0.15) is 4.98 Å². The first-order valence-corrected chi connectivity index (χ1v) is 11.3. The maximum absolute atomic E-state index is 12.4. The number of hydrogen-bond acceptors (Lipinski definition) is 7. The number of carbonyl (C=O) groups excluding carboxylic acids is 1. The van der Waals surface area contributed by atoms with E-state index in [0.717, 1.165) is 62.9 Å². The lowest BCUT2D eigenvalue weighted by Crippen LogP contribution is -2.41. The number of rotatable bonds is 6. The van der Waals surface area contributed by atoms with E-state index < -0.39 is 0 Å². The first-order valence-electron chi connectivity index (χ1n) is 11.3. The van der Waals surface area contributed by atoms with Crippen molar-refractivity contribution in [2.24, 2.45) is 5.92 Å². The van der Waals surface area contributed by atoms with Crippen molar-refractivity contribution in [3.63, 3.8) is 0 Å². The van der Waals surface area contributed by atoms with E-state index in [0.29, 0.717) is 13.2 Å². The Bertz CT molecular complexity index is 902. The minimum Gasteiger partial charge on any atom is -0.466 e. The molecule has 4 rings (SSSR count). The molecule has 166 valence electrons. The van der Waals surface area contributed by atoms with Gasteiger partial charge in [-0.05, 0) is 31.7 Å². The molecule has 1 fully saturated rings. The van der Waals surface area contributed by atoms with Gasteiger partial charge in [-0.15, -0.1) is 0 Å². The molecule has 3 heterocycles. The Labute approximate surface area is 185 Å². The summed E-state index contributed by atoms with van der Waals surface area (Å²) in [7, 11) is 3.96. The summed E-state index contributed by atoms with van der Waals surface area (Å²) in [6, 6.07) is 10.6. The fourth-order valence-electron chi connectivity index (χ4n) is 4.51. The summed E-state index contributed by atoms with van der Waals surface area (Å²) >= 11 is 0. The van der Waals surface area contributed by atoms with Crippen molar-refractivity contribution in [1.29, 1.82) is 0 Å². The third-order valence-electron chi connectivity index (χ3n) is 6.10. The van der Waals surface area contributed by atoms with E-state index in [4.69, 9.17) is 14.7 Å². The van der Waals surface area contributed by atoms with Crippen LogP contribution in [0.25, 0.3) is 0 Å². The van der Waals surface area contributed by atoms with Crippen LogP contribution in [-0.2, 0) is 29.0 Å². The Morgan fingerprint density at radius 1 is 1.19 bits per heavy atom. The van der Waals surface area contributed by atoms with Crippen molar-refractivity contribution >= 4 is 17.7 Å². The van der Waals surface area contributed by atoms with Crippen LogP contribution in [0.3, 0.4) is 0 Å². The molecule has 1 aromatic carbocycles. The van der Waals surface area contributed by atoms with Gasteiger partial charge in [-0.3, -0.25) is 9.69 Å². The molecule has 1 aromatic heterocycles. The second kappa shape index (κ2) is 9.64. The zero-order valence-corrected chi connectivity index (χ0v) is 18.9. The smallest absolute Gasteiger partial charge is 0.310 e. The highest BCUT2D eigenvalue weighted by atomic mass is 16.5. The first kappa shape index (κ1) is 21.6. The molecule has 0 aliphatic carbocycles. The van der Waals surface area contributed by atoms with E-state index in [1.807, 2.05) is 25.9 Å². The Morgan fingerprint density at radius 2 is 2.00 bits per heavy atom. The number of aromatic nitrogens is 2. The van der Waals surface area contributed by atoms with E-state index in [-0.39, 0.29) is 11.9 Å². The Morgan fingerprint density at radius 3 is 2.74 bits per heavy atom. The normalized spacial score (nSPS) is 19.1. The molecular formula is C24H33N5O2. The molecule has 1 unspecified atom stereocenters. The van der Waals surface area contributed by atoms with E-state index in [1.54, 1.807) is 0 Å². The number of piperidine rings is 1. The van der Waals surface area contributed by atoms with E-state index in [9.17, 15) is 4.79 Å². The Kier molecular flexibility index (Phi) is 6.70. The van der Waals surface area contributed by atoms with Gasteiger partial charge in [0.1, 0.15) is 5.82 Å². The minimum absolute atomic E-state index is 0.0831. The van der Waals surface area contributed by atoms with Gasteiger partial charge in [-0.1, -0.05) is 30.3 Å². The molecule has 2 aromatic rings. The quantitative estimate of drug-likeness (QED) is 0.662. The SMILES string of the molecule is CCOC(=O)C1CCCN(c2nc(N(C)C)nc3c2CCN(Cc2ccccc2)C3)C1. The van der Waals surface area contributed by atoms with E-state index in [1.165, 1.54) is 11.1 Å². The van der Waals surface area contributed by atoms with Crippen molar-refractivity contribution in [3.8, 4) is 0 Å². The molecule has 7 heteroatoms. The molecule has 0 radical (unpaired) electrons. The number of nitrogens with zero attached hydrogens (tertiary/aromatic N) is 5. The summed E-state index contributed by atoms with van der Waals surface area (Å²) in [4.78, 5) is 28.9. The lowest BCUT2D eigenvalue weighted by atomic mass is 9.96. The summed E-state index contributed by atoms with van der Waals surface area (Å²) in [5, 5.41) is 0. The third-order valence-corrected chi connectivity index (χ3v) is 6.10. The third kappa shape index (κ3) is 4.98. The molecule has 7 nitrogen and oxygen atoms in total. The van der Waals surface area contributed by atoms with Gasteiger partial charge in [0.25, 0.3) is 0 Å². The van der Waals surface area contributed by atoms with Crippen LogP contribution >= 0.6 is 0 Å². The van der Waals surface area contributed by atoms with Crippen molar-refractivity contribution in [3.05, 3.63) is 47.2 Å². The molecule has 0 amide bonds. The van der Waals surface area contributed by atoms with Gasteiger partial charge in [0.2, 0.25) is 5.95 Å². The van der Waals surface area contributed by atoms with Crippen LogP contribution in [0.5, 0.6) is 0 Å². The maximum atomic E-state index is 12.4. The summed E-state index contributed by atoms with van der Waals surface area (Å²) in [5.74, 6) is 1.56.